The minimum atomic E-state index is -4.45. The molecule has 1 unspecified atom stereocenters. The number of carboxylic acid groups (broad SMARTS) is 1. The molecule has 0 aromatic heterocycles. The van der Waals surface area contributed by atoms with E-state index in [1.54, 1.807) is 23.1 Å². The molecule has 1 aliphatic rings. The normalized spacial score (nSPS) is 19.5. The second-order valence-electron chi connectivity index (χ2n) is 9.64. The number of nitrogens with one attached hydrogen (secondary N) is 1. The third-order valence-corrected chi connectivity index (χ3v) is 9.06. The zero-order valence-corrected chi connectivity index (χ0v) is 24.6. The Hall–Kier alpha value is -1.30. The van der Waals surface area contributed by atoms with Crippen molar-refractivity contribution in [2.45, 2.75) is 11.0 Å². The van der Waals surface area contributed by atoms with Crippen molar-refractivity contribution in [1.29, 1.82) is 0 Å². The molecule has 0 spiro atoms. The molecule has 0 amide bonds. The molecular formula is C21H39N5O11P2S. The summed E-state index contributed by atoms with van der Waals surface area (Å²) in [5.74, 6) is -1.11. The molecule has 0 bridgehead atoms. The Morgan fingerprint density at radius 3 is 1.65 bits per heavy atom. The number of benzene rings is 1. The number of aliphatic hydroxyl groups is 1. The zero-order valence-electron chi connectivity index (χ0n) is 22.0. The SMILES string of the molecule is O=C(O)CN1CCN(CP(=O)(O)O)CCN(CC(O)CNS(=O)(=O)c2ccccc2)CCN(CP(=O)(O)O)CC1. The van der Waals surface area contributed by atoms with Gasteiger partial charge in [0.1, 0.15) is 12.6 Å². The molecule has 7 N–H and O–H groups in total. The van der Waals surface area contributed by atoms with Gasteiger partial charge in [-0.3, -0.25) is 33.5 Å². The van der Waals surface area contributed by atoms with Gasteiger partial charge in [0, 0.05) is 65.4 Å². The van der Waals surface area contributed by atoms with E-state index in [1.807, 2.05) is 0 Å². The van der Waals surface area contributed by atoms with Crippen LogP contribution in [0.25, 0.3) is 0 Å². The maximum Gasteiger partial charge on any atom is 0.339 e. The van der Waals surface area contributed by atoms with E-state index >= 15 is 0 Å². The zero-order chi connectivity index (χ0) is 30.0. The number of carbonyl (C=O) groups is 1. The predicted molar refractivity (Wildman–Crippen MR) is 145 cm³/mol. The molecule has 0 saturated carbocycles. The van der Waals surface area contributed by atoms with Gasteiger partial charge in [0.2, 0.25) is 10.0 Å². The third kappa shape index (κ3) is 14.5. The lowest BCUT2D eigenvalue weighted by Gasteiger charge is -2.34. The van der Waals surface area contributed by atoms with E-state index in [0.29, 0.717) is 0 Å². The monoisotopic (exact) mass is 631 g/mol. The largest absolute Gasteiger partial charge is 0.480 e. The maximum atomic E-state index is 12.5. The van der Waals surface area contributed by atoms with Gasteiger partial charge in [-0.1, -0.05) is 18.2 Å². The van der Waals surface area contributed by atoms with Crippen LogP contribution in [0.2, 0.25) is 0 Å². The first-order valence-corrected chi connectivity index (χ1v) is 17.5. The van der Waals surface area contributed by atoms with E-state index in [4.69, 9.17) is 0 Å². The molecule has 0 aliphatic carbocycles. The molecule has 1 saturated heterocycles. The number of rotatable bonds is 12. The van der Waals surface area contributed by atoms with Crippen LogP contribution >= 0.6 is 15.2 Å². The summed E-state index contributed by atoms with van der Waals surface area (Å²) in [5.41, 5.74) is 0. The summed E-state index contributed by atoms with van der Waals surface area (Å²) >= 11 is 0. The topological polar surface area (TPSA) is 232 Å². The fraction of sp³-hybridized carbons (Fsp3) is 0.667. The Kier molecular flexibility index (Phi) is 13.8. The van der Waals surface area contributed by atoms with Crippen molar-refractivity contribution in [1.82, 2.24) is 24.3 Å². The highest BCUT2D eigenvalue weighted by molar-refractivity contribution is 7.89. The summed E-state index contributed by atoms with van der Waals surface area (Å²) in [6.07, 6.45) is -2.29. The molecule has 1 fully saturated rings. The van der Waals surface area contributed by atoms with Crippen LogP contribution in [0, 0.1) is 0 Å². The van der Waals surface area contributed by atoms with Crippen LogP contribution in [-0.4, -0.2) is 154 Å². The smallest absolute Gasteiger partial charge is 0.339 e. The number of sulfonamides is 1. The standard InChI is InChI=1S/C21H39N5O11P2S/c27-19(14-22-40(36,37)20-4-2-1-3-5-20)15-23-6-10-25(17-38(30,31)32)12-8-24(16-21(28)29)9-13-26(11-7-23)18-39(33,34)35/h1-5,19,22,27H,6-18H2,(H,28,29)(H2,30,31,32)(H2,33,34,35). The van der Waals surface area contributed by atoms with Crippen molar-refractivity contribution >= 4 is 31.2 Å². The molecule has 40 heavy (non-hydrogen) atoms. The summed E-state index contributed by atoms with van der Waals surface area (Å²) in [6, 6.07) is 7.62. The number of hydrogen-bond donors (Lipinski definition) is 7. The van der Waals surface area contributed by atoms with E-state index in [-0.39, 0.29) is 76.9 Å². The number of β-amino-alcohol motifs (C(OH)–C–C–N with tert-alkyl or cyclic N) is 1. The lowest BCUT2D eigenvalue weighted by atomic mass is 10.3. The molecule has 1 aromatic carbocycles. The van der Waals surface area contributed by atoms with Crippen molar-refractivity contribution in [3.63, 3.8) is 0 Å². The Morgan fingerprint density at radius 1 is 0.800 bits per heavy atom. The molecule has 230 valence electrons. The second kappa shape index (κ2) is 15.8. The van der Waals surface area contributed by atoms with E-state index in [9.17, 15) is 52.1 Å². The predicted octanol–water partition coefficient (Wildman–Crippen LogP) is -2.10. The van der Waals surface area contributed by atoms with E-state index in [1.165, 1.54) is 26.8 Å². The first kappa shape index (κ1) is 34.9. The second-order valence-corrected chi connectivity index (χ2v) is 14.6. The summed E-state index contributed by atoms with van der Waals surface area (Å²) < 4.78 is 50.8. The Labute approximate surface area is 233 Å². The number of nitrogens with zero attached hydrogens (tertiary/aromatic N) is 4. The fourth-order valence-electron chi connectivity index (χ4n) is 4.17. The molecule has 1 aromatic rings. The van der Waals surface area contributed by atoms with Crippen LogP contribution < -0.4 is 4.72 Å². The first-order chi connectivity index (χ1) is 18.5. The molecule has 1 aliphatic heterocycles. The number of aliphatic hydroxyl groups excluding tert-OH is 1. The van der Waals surface area contributed by atoms with Gasteiger partial charge in [-0.2, -0.15) is 0 Å². The highest BCUT2D eigenvalue weighted by Crippen LogP contribution is 2.35. The van der Waals surface area contributed by atoms with Crippen LogP contribution in [0.1, 0.15) is 0 Å². The van der Waals surface area contributed by atoms with Gasteiger partial charge >= 0.3 is 21.2 Å². The van der Waals surface area contributed by atoms with Crippen molar-refractivity contribution in [2.24, 2.45) is 0 Å². The van der Waals surface area contributed by atoms with Gasteiger partial charge in [-0.15, -0.1) is 0 Å². The number of aliphatic carboxylic acids is 1. The van der Waals surface area contributed by atoms with Crippen LogP contribution in [0.15, 0.2) is 35.2 Å². The summed E-state index contributed by atoms with van der Waals surface area (Å²) in [6.45, 7) is 0.446. The molecule has 16 nitrogen and oxygen atoms in total. The van der Waals surface area contributed by atoms with Gasteiger partial charge in [0.05, 0.1) is 17.5 Å². The highest BCUT2D eigenvalue weighted by Gasteiger charge is 2.26. The number of hydrogen-bond acceptors (Lipinski definition) is 10. The molecule has 0 radical (unpaired) electrons. The highest BCUT2D eigenvalue weighted by atomic mass is 32.2. The summed E-state index contributed by atoms with van der Waals surface area (Å²) in [5, 5.41) is 19.9. The summed E-state index contributed by atoms with van der Waals surface area (Å²) in [7, 11) is -12.8. The fourth-order valence-corrected chi connectivity index (χ4v) is 6.87. The Balaban J connectivity index is 2.15. The van der Waals surface area contributed by atoms with E-state index < -0.39 is 49.9 Å². The molecule has 19 heteroatoms. The van der Waals surface area contributed by atoms with E-state index in [0.717, 1.165) is 0 Å². The van der Waals surface area contributed by atoms with Crippen LogP contribution in [0.5, 0.6) is 0 Å². The molecule has 2 rings (SSSR count). The lowest BCUT2D eigenvalue weighted by Crippen LogP contribution is -2.49. The van der Waals surface area contributed by atoms with E-state index in [2.05, 4.69) is 4.72 Å². The van der Waals surface area contributed by atoms with Gasteiger partial charge in [-0.05, 0) is 12.1 Å². The van der Waals surface area contributed by atoms with Gasteiger partial charge in [-0.25, -0.2) is 13.1 Å². The molecule has 1 heterocycles. The van der Waals surface area contributed by atoms with Crippen LogP contribution in [0.3, 0.4) is 0 Å². The lowest BCUT2D eigenvalue weighted by molar-refractivity contribution is -0.138. The first-order valence-electron chi connectivity index (χ1n) is 12.5. The molecular weight excluding hydrogens is 592 g/mol. The van der Waals surface area contributed by atoms with Crippen LogP contribution in [-0.2, 0) is 23.9 Å². The van der Waals surface area contributed by atoms with Gasteiger partial charge in [0.25, 0.3) is 0 Å². The quantitative estimate of drug-likeness (QED) is 0.123. The third-order valence-electron chi connectivity index (χ3n) is 6.09. The Bertz CT molecular complexity index is 1100. The molecule has 1 atom stereocenters. The van der Waals surface area contributed by atoms with Crippen molar-refractivity contribution in [2.75, 3.05) is 84.6 Å². The van der Waals surface area contributed by atoms with Crippen molar-refractivity contribution < 1.29 is 52.1 Å². The minimum Gasteiger partial charge on any atom is -0.480 e. The average molecular weight is 632 g/mol. The summed E-state index contributed by atoms with van der Waals surface area (Å²) in [4.78, 5) is 55.7. The van der Waals surface area contributed by atoms with Crippen molar-refractivity contribution in [3.8, 4) is 0 Å². The van der Waals surface area contributed by atoms with Crippen molar-refractivity contribution in [3.05, 3.63) is 30.3 Å². The average Bonchev–Trinajstić information content (AvgIpc) is 2.83. The van der Waals surface area contributed by atoms with Crippen LogP contribution in [0.4, 0.5) is 0 Å². The maximum absolute atomic E-state index is 12.5. The minimum absolute atomic E-state index is 0.0318. The van der Waals surface area contributed by atoms with Gasteiger partial charge in [0.15, 0.2) is 0 Å². The Morgan fingerprint density at radius 2 is 1.23 bits per heavy atom. The van der Waals surface area contributed by atoms with Gasteiger partial charge < -0.3 is 29.8 Å². The number of carboxylic acids is 1.